The highest BCUT2D eigenvalue weighted by molar-refractivity contribution is 5.86. The molecule has 162 valence electrons. The van der Waals surface area contributed by atoms with Crippen molar-refractivity contribution in [2.45, 2.75) is 123 Å². The van der Waals surface area contributed by atoms with Gasteiger partial charge in [0.25, 0.3) is 0 Å². The maximum absolute atomic E-state index is 12.4. The van der Waals surface area contributed by atoms with E-state index < -0.39 is 10.5 Å². The van der Waals surface area contributed by atoms with Gasteiger partial charge in [-0.2, -0.15) is 0 Å². The predicted octanol–water partition coefficient (Wildman–Crippen LogP) is 5.62. The quantitative estimate of drug-likeness (QED) is 0.160. The molecule has 0 fully saturated rings. The SMILES string of the molecule is CCCCCC(=O)CC(CC(=O)CCCCC)(CC(=O)CCCCC)[N+](=O)[O-]. The van der Waals surface area contributed by atoms with Crippen LogP contribution in [0.2, 0.25) is 0 Å². The Morgan fingerprint density at radius 3 is 1.14 bits per heavy atom. The van der Waals surface area contributed by atoms with Crippen LogP contribution in [0.5, 0.6) is 0 Å². The number of hydrogen-bond donors (Lipinski definition) is 0. The summed E-state index contributed by atoms with van der Waals surface area (Å²) >= 11 is 0. The van der Waals surface area contributed by atoms with E-state index >= 15 is 0 Å². The van der Waals surface area contributed by atoms with Crippen molar-refractivity contribution in [1.82, 2.24) is 0 Å². The van der Waals surface area contributed by atoms with E-state index in [1.54, 1.807) is 0 Å². The molecule has 0 bridgehead atoms. The Morgan fingerprint density at radius 1 is 0.643 bits per heavy atom. The topological polar surface area (TPSA) is 94.3 Å². The van der Waals surface area contributed by atoms with E-state index in [9.17, 15) is 24.5 Å². The summed E-state index contributed by atoms with van der Waals surface area (Å²) in [6, 6.07) is 0. The zero-order valence-electron chi connectivity index (χ0n) is 18.1. The number of ketones is 3. The Kier molecular flexibility index (Phi) is 14.5. The van der Waals surface area contributed by atoms with Crippen LogP contribution in [0.4, 0.5) is 0 Å². The Morgan fingerprint density at radius 2 is 0.929 bits per heavy atom. The van der Waals surface area contributed by atoms with Gasteiger partial charge in [0.2, 0.25) is 5.54 Å². The van der Waals surface area contributed by atoms with E-state index in [4.69, 9.17) is 0 Å². The summed E-state index contributed by atoms with van der Waals surface area (Å²) in [4.78, 5) is 48.6. The fourth-order valence-corrected chi connectivity index (χ4v) is 3.46. The number of carbonyl (C=O) groups is 3. The Balaban J connectivity index is 5.23. The molecule has 0 saturated heterocycles. The normalized spacial score (nSPS) is 11.4. The van der Waals surface area contributed by atoms with Crippen molar-refractivity contribution < 1.29 is 19.3 Å². The van der Waals surface area contributed by atoms with Crippen molar-refractivity contribution >= 4 is 17.3 Å². The van der Waals surface area contributed by atoms with Gasteiger partial charge < -0.3 is 0 Å². The van der Waals surface area contributed by atoms with Gasteiger partial charge in [-0.3, -0.25) is 24.5 Å². The summed E-state index contributed by atoms with van der Waals surface area (Å²) in [5.74, 6) is -0.645. The molecule has 0 atom stereocenters. The number of unbranched alkanes of at least 4 members (excludes halogenated alkanes) is 6. The molecule has 28 heavy (non-hydrogen) atoms. The number of nitro groups is 1. The van der Waals surface area contributed by atoms with Gasteiger partial charge in [-0.05, 0) is 19.3 Å². The van der Waals surface area contributed by atoms with Crippen molar-refractivity contribution in [3.8, 4) is 0 Å². The van der Waals surface area contributed by atoms with Crippen LogP contribution in [-0.4, -0.2) is 27.8 Å². The average molecular weight is 398 g/mol. The van der Waals surface area contributed by atoms with Crippen LogP contribution in [0.15, 0.2) is 0 Å². The third-order valence-corrected chi connectivity index (χ3v) is 5.14. The maximum atomic E-state index is 12.4. The van der Waals surface area contributed by atoms with Crippen molar-refractivity contribution in [2.75, 3.05) is 0 Å². The lowest BCUT2D eigenvalue weighted by Gasteiger charge is -2.24. The molecule has 0 aromatic carbocycles. The Labute approximate surface area is 170 Å². The minimum absolute atomic E-state index is 0.215. The van der Waals surface area contributed by atoms with E-state index in [-0.39, 0.29) is 55.9 Å². The van der Waals surface area contributed by atoms with E-state index in [0.29, 0.717) is 19.3 Å². The second-order valence-electron chi connectivity index (χ2n) is 8.00. The van der Waals surface area contributed by atoms with E-state index in [2.05, 4.69) is 0 Å². The molecule has 0 radical (unpaired) electrons. The molecule has 0 aromatic heterocycles. The molecule has 0 rings (SSSR count). The van der Waals surface area contributed by atoms with Gasteiger partial charge >= 0.3 is 0 Å². The molecule has 0 aromatic rings. The van der Waals surface area contributed by atoms with Crippen molar-refractivity contribution in [2.24, 2.45) is 0 Å². The molecular weight excluding hydrogens is 358 g/mol. The molecule has 0 aliphatic carbocycles. The Bertz CT molecular complexity index is 441. The fraction of sp³-hybridized carbons (Fsp3) is 0.864. The third-order valence-electron chi connectivity index (χ3n) is 5.14. The monoisotopic (exact) mass is 397 g/mol. The molecule has 0 heterocycles. The van der Waals surface area contributed by atoms with Gasteiger partial charge in [-0.25, -0.2) is 0 Å². The first-order chi connectivity index (χ1) is 13.3. The van der Waals surface area contributed by atoms with E-state index in [0.717, 1.165) is 38.5 Å². The zero-order chi connectivity index (χ0) is 21.4. The summed E-state index contributed by atoms with van der Waals surface area (Å²) in [7, 11) is 0. The van der Waals surface area contributed by atoms with Crippen LogP contribution in [0, 0.1) is 10.1 Å². The van der Waals surface area contributed by atoms with Gasteiger partial charge in [0.15, 0.2) is 0 Å². The summed E-state index contributed by atoms with van der Waals surface area (Å²) in [6.45, 7) is 6.07. The summed E-state index contributed by atoms with van der Waals surface area (Å²) in [5.41, 5.74) is -1.77. The van der Waals surface area contributed by atoms with Gasteiger partial charge in [0, 0.05) is 24.2 Å². The van der Waals surface area contributed by atoms with Gasteiger partial charge in [0.1, 0.15) is 17.3 Å². The standard InChI is InChI=1S/C22H39NO5/c1-4-7-10-13-19(24)16-22(23(27)28,17-20(25)14-11-8-5-2)18-21(26)15-12-9-6-3/h4-18H2,1-3H3. The molecule has 6 nitrogen and oxygen atoms in total. The summed E-state index contributed by atoms with van der Waals surface area (Å²) in [6.07, 6.45) is 7.50. The number of hydrogen-bond acceptors (Lipinski definition) is 5. The van der Waals surface area contributed by atoms with Gasteiger partial charge in [0.05, 0.1) is 19.3 Å². The number of carbonyl (C=O) groups excluding carboxylic acids is 3. The molecule has 0 saturated carbocycles. The molecule has 0 unspecified atom stereocenters. The van der Waals surface area contributed by atoms with Crippen LogP contribution < -0.4 is 0 Å². The molecule has 0 aliphatic heterocycles. The zero-order valence-corrected chi connectivity index (χ0v) is 18.1. The van der Waals surface area contributed by atoms with Gasteiger partial charge in [-0.15, -0.1) is 0 Å². The molecule has 0 N–H and O–H groups in total. The maximum Gasteiger partial charge on any atom is 0.242 e. The molecular formula is C22H39NO5. The largest absolute Gasteiger partial charge is 0.299 e. The van der Waals surface area contributed by atoms with Crippen LogP contribution >= 0.6 is 0 Å². The van der Waals surface area contributed by atoms with E-state index in [1.807, 2.05) is 20.8 Å². The van der Waals surface area contributed by atoms with Crippen LogP contribution in [0.25, 0.3) is 0 Å². The molecule has 6 heteroatoms. The van der Waals surface area contributed by atoms with Crippen LogP contribution in [0.3, 0.4) is 0 Å². The van der Waals surface area contributed by atoms with Crippen molar-refractivity contribution in [3.05, 3.63) is 10.1 Å². The molecule has 0 spiro atoms. The van der Waals surface area contributed by atoms with Crippen molar-refractivity contribution in [1.29, 1.82) is 0 Å². The fourth-order valence-electron chi connectivity index (χ4n) is 3.46. The summed E-state index contributed by atoms with van der Waals surface area (Å²) < 4.78 is 0. The first kappa shape index (κ1) is 26.4. The number of rotatable bonds is 19. The Hall–Kier alpha value is -1.59. The average Bonchev–Trinajstić information content (AvgIpc) is 2.62. The molecule has 0 amide bonds. The first-order valence-electron chi connectivity index (χ1n) is 11.0. The lowest BCUT2D eigenvalue weighted by molar-refractivity contribution is -0.566. The number of Topliss-reactive ketones (excluding diaryl/α,β-unsaturated/α-hetero) is 3. The van der Waals surface area contributed by atoms with Crippen molar-refractivity contribution in [3.63, 3.8) is 0 Å². The second-order valence-corrected chi connectivity index (χ2v) is 8.00. The second kappa shape index (κ2) is 15.3. The lowest BCUT2D eigenvalue weighted by atomic mass is 9.81. The predicted molar refractivity (Wildman–Crippen MR) is 111 cm³/mol. The number of nitrogens with zero attached hydrogens (tertiary/aromatic N) is 1. The summed E-state index contributed by atoms with van der Waals surface area (Å²) in [5, 5.41) is 12.0. The van der Waals surface area contributed by atoms with E-state index in [1.165, 1.54) is 0 Å². The molecule has 0 aliphatic rings. The minimum atomic E-state index is -1.77. The highest BCUT2D eigenvalue weighted by Crippen LogP contribution is 2.29. The van der Waals surface area contributed by atoms with Gasteiger partial charge in [-0.1, -0.05) is 59.3 Å². The van der Waals surface area contributed by atoms with Crippen LogP contribution in [0.1, 0.15) is 117 Å². The highest BCUT2D eigenvalue weighted by atomic mass is 16.6. The lowest BCUT2D eigenvalue weighted by Crippen LogP contribution is -2.44. The highest BCUT2D eigenvalue weighted by Gasteiger charge is 2.47. The smallest absolute Gasteiger partial charge is 0.242 e. The van der Waals surface area contributed by atoms with Crippen LogP contribution in [-0.2, 0) is 14.4 Å². The minimum Gasteiger partial charge on any atom is -0.299 e. The third kappa shape index (κ3) is 11.3. The first-order valence-corrected chi connectivity index (χ1v) is 11.0.